The van der Waals surface area contributed by atoms with Crippen LogP contribution >= 0.6 is 22.9 Å². The van der Waals surface area contributed by atoms with Crippen molar-refractivity contribution >= 4 is 39.0 Å². The number of halogens is 1. The zero-order valence-electron chi connectivity index (χ0n) is 17.2. The molecular weight excluding hydrogens is 402 g/mol. The molecule has 1 saturated heterocycles. The van der Waals surface area contributed by atoms with Crippen LogP contribution in [0.25, 0.3) is 21.3 Å². The summed E-state index contributed by atoms with van der Waals surface area (Å²) in [6.07, 6.45) is 1.66. The third kappa shape index (κ3) is 4.56. The van der Waals surface area contributed by atoms with Crippen molar-refractivity contribution < 1.29 is 0 Å². The molecule has 0 saturated carbocycles. The summed E-state index contributed by atoms with van der Waals surface area (Å²) in [6.45, 7) is 10.00. The number of hydrogen-bond donors (Lipinski definition) is 1. The van der Waals surface area contributed by atoms with Gasteiger partial charge in [0.05, 0.1) is 5.39 Å². The largest absolute Gasteiger partial charge is 0.368 e. The molecule has 3 aromatic rings. The van der Waals surface area contributed by atoms with Crippen molar-refractivity contribution in [1.29, 1.82) is 0 Å². The maximum absolute atomic E-state index is 6.08. The van der Waals surface area contributed by atoms with E-state index in [0.29, 0.717) is 12.0 Å². The van der Waals surface area contributed by atoms with E-state index in [4.69, 9.17) is 11.6 Å². The van der Waals surface area contributed by atoms with E-state index >= 15 is 0 Å². The van der Waals surface area contributed by atoms with Crippen LogP contribution < -0.4 is 5.32 Å². The first-order valence-corrected chi connectivity index (χ1v) is 11.4. The minimum absolute atomic E-state index is 0.478. The standard InChI is InChI=1S/C22H28ClN5S/c1-15(2)19(28-10-8-27(3)9-11-28)12-24-21-20-18(13-29-22(20)26-14-25-21)16-4-6-17(23)7-5-16/h4-7,13-15,19H,8-12H2,1-3H3,(H,24,25,26)/t19-/m0/s1. The van der Waals surface area contributed by atoms with Crippen molar-refractivity contribution in [3.05, 3.63) is 41.0 Å². The van der Waals surface area contributed by atoms with E-state index in [-0.39, 0.29) is 0 Å². The first kappa shape index (κ1) is 20.5. The van der Waals surface area contributed by atoms with Crippen molar-refractivity contribution in [1.82, 2.24) is 19.8 Å². The second-order valence-electron chi connectivity index (χ2n) is 8.09. The molecule has 1 N–H and O–H groups in total. The predicted octanol–water partition coefficient (Wildman–Crippen LogP) is 4.70. The number of benzene rings is 1. The van der Waals surface area contributed by atoms with Gasteiger partial charge in [-0.3, -0.25) is 4.90 Å². The average Bonchev–Trinajstić information content (AvgIpc) is 3.15. The molecule has 7 heteroatoms. The molecule has 0 aliphatic carbocycles. The van der Waals surface area contributed by atoms with Gasteiger partial charge in [0.2, 0.25) is 0 Å². The van der Waals surface area contributed by atoms with Crippen LogP contribution in [0.15, 0.2) is 36.0 Å². The molecule has 3 heterocycles. The zero-order chi connectivity index (χ0) is 20.4. The summed E-state index contributed by atoms with van der Waals surface area (Å²) in [4.78, 5) is 15.1. The first-order valence-electron chi connectivity index (χ1n) is 10.2. The Morgan fingerprint density at radius 2 is 1.83 bits per heavy atom. The Kier molecular flexibility index (Phi) is 6.35. The highest BCUT2D eigenvalue weighted by molar-refractivity contribution is 7.17. The Morgan fingerprint density at radius 1 is 1.10 bits per heavy atom. The number of piperazine rings is 1. The van der Waals surface area contributed by atoms with Crippen molar-refractivity contribution in [2.24, 2.45) is 5.92 Å². The van der Waals surface area contributed by atoms with Crippen LogP contribution in [0.1, 0.15) is 13.8 Å². The third-order valence-electron chi connectivity index (χ3n) is 5.78. The average molecular weight is 430 g/mol. The Morgan fingerprint density at radius 3 is 2.52 bits per heavy atom. The maximum Gasteiger partial charge on any atom is 0.138 e. The van der Waals surface area contributed by atoms with Crippen molar-refractivity contribution in [2.45, 2.75) is 19.9 Å². The van der Waals surface area contributed by atoms with Gasteiger partial charge in [0, 0.05) is 54.7 Å². The summed E-state index contributed by atoms with van der Waals surface area (Å²) in [6, 6.07) is 8.45. The summed E-state index contributed by atoms with van der Waals surface area (Å²) < 4.78 is 0. The minimum Gasteiger partial charge on any atom is -0.368 e. The second kappa shape index (κ2) is 8.96. The minimum atomic E-state index is 0.478. The van der Waals surface area contributed by atoms with E-state index in [1.807, 2.05) is 12.1 Å². The van der Waals surface area contributed by atoms with Crippen LogP contribution in [0.2, 0.25) is 5.02 Å². The second-order valence-corrected chi connectivity index (χ2v) is 9.38. The molecule has 2 aromatic heterocycles. The number of thiophene rings is 1. The molecule has 0 spiro atoms. The van der Waals surface area contributed by atoms with Crippen LogP contribution in [0.3, 0.4) is 0 Å². The monoisotopic (exact) mass is 429 g/mol. The van der Waals surface area contributed by atoms with Crippen LogP contribution in [0, 0.1) is 5.92 Å². The highest BCUT2D eigenvalue weighted by atomic mass is 35.5. The van der Waals surface area contributed by atoms with Gasteiger partial charge >= 0.3 is 0 Å². The van der Waals surface area contributed by atoms with Gasteiger partial charge in [0.25, 0.3) is 0 Å². The van der Waals surface area contributed by atoms with Crippen LogP contribution in [0.5, 0.6) is 0 Å². The normalized spacial score (nSPS) is 17.1. The lowest BCUT2D eigenvalue weighted by Gasteiger charge is -2.40. The number of fused-ring (bicyclic) bond motifs is 1. The number of hydrogen-bond acceptors (Lipinski definition) is 6. The molecule has 0 amide bonds. The third-order valence-corrected chi connectivity index (χ3v) is 6.92. The van der Waals surface area contributed by atoms with Crippen LogP contribution in [-0.2, 0) is 0 Å². The molecule has 5 nitrogen and oxygen atoms in total. The van der Waals surface area contributed by atoms with E-state index in [0.717, 1.165) is 64.9 Å². The molecular formula is C22H28ClN5S. The lowest BCUT2D eigenvalue weighted by Crippen LogP contribution is -2.52. The van der Waals surface area contributed by atoms with Gasteiger partial charge in [-0.25, -0.2) is 9.97 Å². The van der Waals surface area contributed by atoms with Gasteiger partial charge in [-0.05, 0) is 30.7 Å². The quantitative estimate of drug-likeness (QED) is 0.615. The van der Waals surface area contributed by atoms with Crippen LogP contribution in [0.4, 0.5) is 5.82 Å². The fourth-order valence-electron chi connectivity index (χ4n) is 3.99. The number of likely N-dealkylation sites (N-methyl/N-ethyl adjacent to an activating group) is 1. The van der Waals surface area contributed by atoms with Gasteiger partial charge in [-0.15, -0.1) is 11.3 Å². The van der Waals surface area contributed by atoms with Gasteiger partial charge in [0.1, 0.15) is 17.0 Å². The molecule has 1 atom stereocenters. The molecule has 0 unspecified atom stereocenters. The molecule has 29 heavy (non-hydrogen) atoms. The molecule has 154 valence electrons. The Hall–Kier alpha value is -1.73. The zero-order valence-corrected chi connectivity index (χ0v) is 18.8. The van der Waals surface area contributed by atoms with Crippen molar-refractivity contribution in [3.63, 3.8) is 0 Å². The smallest absolute Gasteiger partial charge is 0.138 e. The molecule has 0 bridgehead atoms. The van der Waals surface area contributed by atoms with Crippen molar-refractivity contribution in [2.75, 3.05) is 45.1 Å². The fourth-order valence-corrected chi connectivity index (χ4v) is 5.03. The van der Waals surface area contributed by atoms with Crippen LogP contribution in [-0.4, -0.2) is 65.6 Å². The highest BCUT2D eigenvalue weighted by Gasteiger charge is 2.25. The number of nitrogens with one attached hydrogen (secondary N) is 1. The topological polar surface area (TPSA) is 44.3 Å². The van der Waals surface area contributed by atoms with Gasteiger partial charge < -0.3 is 10.2 Å². The molecule has 4 rings (SSSR count). The molecule has 1 aliphatic rings. The summed E-state index contributed by atoms with van der Waals surface area (Å²) in [5.41, 5.74) is 2.29. The fraction of sp³-hybridized carbons (Fsp3) is 0.455. The first-order chi connectivity index (χ1) is 14.0. The Balaban J connectivity index is 1.58. The Bertz CT molecular complexity index is 947. The number of nitrogens with zero attached hydrogens (tertiary/aromatic N) is 4. The highest BCUT2D eigenvalue weighted by Crippen LogP contribution is 2.36. The number of aromatic nitrogens is 2. The molecule has 1 fully saturated rings. The summed E-state index contributed by atoms with van der Waals surface area (Å²) in [5.74, 6) is 1.49. The molecule has 1 aliphatic heterocycles. The van der Waals surface area contributed by atoms with Crippen molar-refractivity contribution in [3.8, 4) is 11.1 Å². The summed E-state index contributed by atoms with van der Waals surface area (Å²) >= 11 is 7.73. The summed E-state index contributed by atoms with van der Waals surface area (Å²) in [7, 11) is 2.20. The van der Waals surface area contributed by atoms with E-state index in [9.17, 15) is 0 Å². The van der Waals surface area contributed by atoms with E-state index in [1.165, 1.54) is 0 Å². The lowest BCUT2D eigenvalue weighted by molar-refractivity contribution is 0.0944. The SMILES string of the molecule is CC(C)[C@H](CNc1ncnc2scc(-c3ccc(Cl)cc3)c12)N1CCN(C)CC1. The van der Waals surface area contributed by atoms with E-state index < -0.39 is 0 Å². The lowest BCUT2D eigenvalue weighted by atomic mass is 10.0. The number of rotatable bonds is 6. The Labute approximate surface area is 181 Å². The summed E-state index contributed by atoms with van der Waals surface area (Å²) in [5, 5.41) is 7.66. The molecule has 1 aromatic carbocycles. The molecule has 0 radical (unpaired) electrons. The van der Waals surface area contributed by atoms with Gasteiger partial charge in [-0.1, -0.05) is 37.6 Å². The number of anilines is 1. The van der Waals surface area contributed by atoms with Gasteiger partial charge in [-0.2, -0.15) is 0 Å². The van der Waals surface area contributed by atoms with E-state index in [2.05, 4.69) is 63.5 Å². The van der Waals surface area contributed by atoms with Gasteiger partial charge in [0.15, 0.2) is 0 Å². The predicted molar refractivity (Wildman–Crippen MR) is 124 cm³/mol. The van der Waals surface area contributed by atoms with E-state index in [1.54, 1.807) is 17.7 Å². The maximum atomic E-state index is 6.08.